The highest BCUT2D eigenvalue weighted by molar-refractivity contribution is 7.45. The number of nitrogens with zero attached hydrogens (tertiary/aromatic N) is 1. The van der Waals surface area contributed by atoms with E-state index in [-0.39, 0.29) is 26.1 Å². The van der Waals surface area contributed by atoms with Crippen molar-refractivity contribution in [3.63, 3.8) is 0 Å². The fourth-order valence-corrected chi connectivity index (χ4v) is 8.81. The standard InChI is InChI=1S/C66H114NO8P/c1-6-8-10-12-14-16-18-20-22-24-26-27-28-29-30-31-32-33-34-35-36-37-38-39-41-43-45-47-49-51-53-55-57-59-66(69)75-64(63-74-76(70,71)73-61-60-67(3,4)5)62-72-65(68)58-56-54-52-50-48-46-44-42-40-25-23-21-19-17-15-13-11-9-7-2/h8,10,14-17,20-23,26-27,29-30,32-33,40,42,64H,6-7,9,11-13,18-19,24-25,28,31,34-39,41,43-63H2,1-5H3/b10-8-,16-14-,17-15-,22-20-,23-21-,27-26-,30-29-,33-32-,42-40-. The molecule has 2 unspecified atom stereocenters. The number of quaternary nitrogens is 1. The Morgan fingerprint density at radius 2 is 0.750 bits per heavy atom. The van der Waals surface area contributed by atoms with Gasteiger partial charge in [0.05, 0.1) is 27.7 Å². The molecule has 0 saturated carbocycles. The predicted molar refractivity (Wildman–Crippen MR) is 323 cm³/mol. The molecule has 0 aliphatic rings. The van der Waals surface area contributed by atoms with Crippen LogP contribution in [0, 0.1) is 0 Å². The number of ether oxygens (including phenoxy) is 2. The van der Waals surface area contributed by atoms with Gasteiger partial charge in [0.15, 0.2) is 6.10 Å². The van der Waals surface area contributed by atoms with Crippen LogP contribution in [0.25, 0.3) is 0 Å². The van der Waals surface area contributed by atoms with Crippen LogP contribution in [0.4, 0.5) is 0 Å². The Morgan fingerprint density at radius 1 is 0.421 bits per heavy atom. The molecule has 0 aliphatic carbocycles. The lowest BCUT2D eigenvalue weighted by Crippen LogP contribution is -2.37. The number of hydrogen-bond acceptors (Lipinski definition) is 8. The summed E-state index contributed by atoms with van der Waals surface area (Å²) in [6.45, 7) is 4.08. The van der Waals surface area contributed by atoms with Crippen molar-refractivity contribution in [2.75, 3.05) is 47.5 Å². The molecule has 0 saturated heterocycles. The maximum absolute atomic E-state index is 12.8. The van der Waals surface area contributed by atoms with E-state index in [0.29, 0.717) is 23.9 Å². The molecule has 0 spiro atoms. The summed E-state index contributed by atoms with van der Waals surface area (Å²) in [5.41, 5.74) is 0. The van der Waals surface area contributed by atoms with Crippen molar-refractivity contribution in [1.82, 2.24) is 0 Å². The summed E-state index contributed by atoms with van der Waals surface area (Å²) in [4.78, 5) is 37.9. The molecule has 0 aliphatic heterocycles. The molecule has 0 radical (unpaired) electrons. The zero-order valence-corrected chi connectivity index (χ0v) is 50.3. The van der Waals surface area contributed by atoms with Gasteiger partial charge < -0.3 is 27.9 Å². The zero-order valence-electron chi connectivity index (χ0n) is 49.4. The molecule has 10 heteroatoms. The molecule has 0 amide bonds. The van der Waals surface area contributed by atoms with E-state index < -0.39 is 32.5 Å². The van der Waals surface area contributed by atoms with Gasteiger partial charge in [-0.15, -0.1) is 0 Å². The van der Waals surface area contributed by atoms with Gasteiger partial charge in [-0.25, -0.2) is 0 Å². The summed E-state index contributed by atoms with van der Waals surface area (Å²) in [5.74, 6) is -0.850. The number of phosphoric acid groups is 1. The van der Waals surface area contributed by atoms with Crippen LogP contribution in [-0.4, -0.2) is 70.0 Å². The normalized spacial score (nSPS) is 14.0. The van der Waals surface area contributed by atoms with Crippen molar-refractivity contribution in [3.8, 4) is 0 Å². The van der Waals surface area contributed by atoms with Crippen LogP contribution in [0.1, 0.15) is 245 Å². The van der Waals surface area contributed by atoms with Gasteiger partial charge in [0.2, 0.25) is 0 Å². The Labute approximate surface area is 467 Å². The molecule has 0 heterocycles. The summed E-state index contributed by atoms with van der Waals surface area (Å²) in [5, 5.41) is 0. The topological polar surface area (TPSA) is 111 Å². The minimum absolute atomic E-state index is 0.0376. The van der Waals surface area contributed by atoms with E-state index in [9.17, 15) is 19.0 Å². The fourth-order valence-electron chi connectivity index (χ4n) is 8.08. The van der Waals surface area contributed by atoms with Crippen molar-refractivity contribution in [2.24, 2.45) is 0 Å². The SMILES string of the molecule is CC/C=C\C/C=C\C/C=C\C/C=C\C/C=C\C/C=C\CCCCCCCCCCCCCCCCC(=O)OC(COC(=O)CCCCCCCC/C=C\C/C=C\C/C=C\CCCCC)COP(=O)([O-])OCC[N+](C)(C)C. The first-order chi connectivity index (χ1) is 37.0. The molecule has 0 fully saturated rings. The first-order valence-electron chi connectivity index (χ1n) is 30.6. The third kappa shape index (κ3) is 59.9. The van der Waals surface area contributed by atoms with Crippen LogP contribution in [0.2, 0.25) is 0 Å². The maximum atomic E-state index is 12.8. The average molecular weight is 1080 g/mol. The number of allylic oxidation sites excluding steroid dienone is 18. The van der Waals surface area contributed by atoms with Crippen molar-refractivity contribution < 1.29 is 42.1 Å². The molecule has 76 heavy (non-hydrogen) atoms. The fraction of sp³-hybridized carbons (Fsp3) is 0.697. The average Bonchev–Trinajstić information content (AvgIpc) is 3.38. The minimum Gasteiger partial charge on any atom is -0.756 e. The van der Waals surface area contributed by atoms with Gasteiger partial charge in [0, 0.05) is 12.8 Å². The lowest BCUT2D eigenvalue weighted by atomic mass is 10.0. The van der Waals surface area contributed by atoms with Gasteiger partial charge in [-0.2, -0.15) is 0 Å². The van der Waals surface area contributed by atoms with Gasteiger partial charge in [-0.05, 0) is 103 Å². The highest BCUT2D eigenvalue weighted by atomic mass is 31.2. The van der Waals surface area contributed by atoms with Crippen LogP contribution in [-0.2, 0) is 32.7 Å². The predicted octanol–water partition coefficient (Wildman–Crippen LogP) is 18.7. The van der Waals surface area contributed by atoms with Crippen molar-refractivity contribution >= 4 is 19.8 Å². The number of esters is 2. The number of rotatable bonds is 55. The molecule has 9 nitrogen and oxygen atoms in total. The molecular formula is C66H114NO8P. The number of carbonyl (C=O) groups is 2. The van der Waals surface area contributed by atoms with Crippen LogP contribution in [0.5, 0.6) is 0 Å². The summed E-state index contributed by atoms with van der Waals surface area (Å²) >= 11 is 0. The van der Waals surface area contributed by atoms with Gasteiger partial charge in [0.25, 0.3) is 7.82 Å². The van der Waals surface area contributed by atoms with Gasteiger partial charge in [0.1, 0.15) is 19.8 Å². The van der Waals surface area contributed by atoms with Crippen molar-refractivity contribution in [1.29, 1.82) is 0 Å². The smallest absolute Gasteiger partial charge is 0.306 e. The number of hydrogen-bond donors (Lipinski definition) is 0. The third-order valence-corrected chi connectivity index (χ3v) is 13.7. The van der Waals surface area contributed by atoms with E-state index in [0.717, 1.165) is 109 Å². The van der Waals surface area contributed by atoms with E-state index in [4.69, 9.17) is 18.5 Å². The number of phosphoric ester groups is 1. The number of carbonyl (C=O) groups excluding carboxylic acids is 2. The van der Waals surface area contributed by atoms with E-state index in [1.807, 2.05) is 21.1 Å². The molecular weight excluding hydrogens is 966 g/mol. The van der Waals surface area contributed by atoms with Crippen LogP contribution < -0.4 is 4.89 Å². The number of unbranched alkanes of at least 4 members (excludes halogenated alkanes) is 23. The Balaban J connectivity index is 4.13. The minimum atomic E-state index is -4.65. The second-order valence-corrected chi connectivity index (χ2v) is 22.7. The first kappa shape index (κ1) is 72.7. The van der Waals surface area contributed by atoms with Crippen molar-refractivity contribution in [2.45, 2.75) is 251 Å². The first-order valence-corrected chi connectivity index (χ1v) is 32.1. The van der Waals surface area contributed by atoms with E-state index in [1.165, 1.54) is 96.3 Å². The Morgan fingerprint density at radius 3 is 1.12 bits per heavy atom. The molecule has 0 N–H and O–H groups in total. The Bertz CT molecular complexity index is 1650. The lowest BCUT2D eigenvalue weighted by molar-refractivity contribution is -0.870. The maximum Gasteiger partial charge on any atom is 0.306 e. The monoisotopic (exact) mass is 1080 g/mol. The highest BCUT2D eigenvalue weighted by Gasteiger charge is 2.22. The zero-order chi connectivity index (χ0) is 55.6. The van der Waals surface area contributed by atoms with Gasteiger partial charge in [-0.1, -0.05) is 239 Å². The number of likely N-dealkylation sites (N-methyl/N-ethyl adjacent to an activating group) is 1. The molecule has 0 rings (SSSR count). The van der Waals surface area contributed by atoms with Crippen LogP contribution >= 0.6 is 7.82 Å². The van der Waals surface area contributed by atoms with Crippen LogP contribution in [0.15, 0.2) is 109 Å². The quantitative estimate of drug-likeness (QED) is 0.0195. The molecule has 0 aromatic heterocycles. The second-order valence-electron chi connectivity index (χ2n) is 21.3. The van der Waals surface area contributed by atoms with E-state index in [2.05, 4.69) is 123 Å². The largest absolute Gasteiger partial charge is 0.756 e. The molecule has 2 atom stereocenters. The summed E-state index contributed by atoms with van der Waals surface area (Å²) in [7, 11) is 1.15. The lowest BCUT2D eigenvalue weighted by Gasteiger charge is -2.28. The van der Waals surface area contributed by atoms with Crippen molar-refractivity contribution in [3.05, 3.63) is 109 Å². The van der Waals surface area contributed by atoms with Gasteiger partial charge >= 0.3 is 11.9 Å². The summed E-state index contributed by atoms with van der Waals surface area (Å²) in [6, 6.07) is 0. The van der Waals surface area contributed by atoms with Gasteiger partial charge in [-0.3, -0.25) is 14.2 Å². The molecule has 0 aromatic carbocycles. The Kier molecular flexibility index (Phi) is 53.9. The third-order valence-electron chi connectivity index (χ3n) is 12.8. The Hall–Kier alpha value is -3.33. The van der Waals surface area contributed by atoms with E-state index >= 15 is 0 Å². The van der Waals surface area contributed by atoms with Crippen LogP contribution in [0.3, 0.4) is 0 Å². The molecule has 0 aromatic rings. The summed E-state index contributed by atoms with van der Waals surface area (Å²) < 4.78 is 34.2. The second kappa shape index (κ2) is 56.4. The van der Waals surface area contributed by atoms with E-state index in [1.54, 1.807) is 0 Å². The molecule has 0 bridgehead atoms. The highest BCUT2D eigenvalue weighted by Crippen LogP contribution is 2.38. The summed E-state index contributed by atoms with van der Waals surface area (Å²) in [6.07, 6.45) is 78.5. The molecule has 436 valence electrons.